The number of hydrogen-bond acceptors (Lipinski definition) is 8. The Labute approximate surface area is 154 Å². The quantitative estimate of drug-likeness (QED) is 0.541. The molecule has 10 nitrogen and oxygen atoms in total. The summed E-state index contributed by atoms with van der Waals surface area (Å²) in [7, 11) is 7.25. The van der Waals surface area contributed by atoms with E-state index in [0.29, 0.717) is 5.69 Å². The highest BCUT2D eigenvalue weighted by Gasteiger charge is 2.10. The summed E-state index contributed by atoms with van der Waals surface area (Å²) in [5.74, 6) is -1.66. The van der Waals surface area contributed by atoms with E-state index in [1.54, 1.807) is 19.0 Å². The van der Waals surface area contributed by atoms with Crippen LogP contribution in [-0.2, 0) is 0 Å². The molecule has 2 aromatic carbocycles. The van der Waals surface area contributed by atoms with E-state index in [1.807, 2.05) is 14.1 Å². The Kier molecular flexibility index (Phi) is 9.76. The summed E-state index contributed by atoms with van der Waals surface area (Å²) in [6.07, 6.45) is 0. The lowest BCUT2D eigenvalue weighted by molar-refractivity contribution is -0.385. The monoisotopic (exact) mass is 384 g/mol. The lowest BCUT2D eigenvalue weighted by Gasteiger charge is -2.13. The smallest absolute Gasteiger partial charge is 0.273 e. The molecule has 148 valence electrons. The molecule has 0 spiro atoms. The molecule has 0 fully saturated rings. The topological polar surface area (TPSA) is 142 Å². The first-order valence-corrected chi connectivity index (χ1v) is 7.41. The van der Waals surface area contributed by atoms with E-state index in [1.165, 1.54) is 12.1 Å². The van der Waals surface area contributed by atoms with Crippen LogP contribution in [0.25, 0.3) is 0 Å². The summed E-state index contributed by atoms with van der Waals surface area (Å²) in [6, 6.07) is 6.58. The zero-order valence-electron chi connectivity index (χ0n) is 15.2. The number of rotatable bonds is 3. The summed E-state index contributed by atoms with van der Waals surface area (Å²) in [5.41, 5.74) is 0.123. The minimum absolute atomic E-state index is 0.0841. The van der Waals surface area contributed by atoms with Crippen molar-refractivity contribution in [3.63, 3.8) is 0 Å². The van der Waals surface area contributed by atoms with Crippen molar-refractivity contribution in [1.82, 2.24) is 5.32 Å². The molecule has 0 aliphatic carbocycles. The molecular formula is C16H21FN4O6. The first-order valence-electron chi connectivity index (χ1n) is 7.41. The van der Waals surface area contributed by atoms with Gasteiger partial charge in [-0.15, -0.1) is 0 Å². The predicted octanol–water partition coefficient (Wildman–Crippen LogP) is 2.64. The van der Waals surface area contributed by atoms with E-state index >= 15 is 0 Å². The number of halogens is 1. The highest BCUT2D eigenvalue weighted by atomic mass is 19.1. The van der Waals surface area contributed by atoms with Gasteiger partial charge in [-0.25, -0.2) is 4.39 Å². The Morgan fingerprint density at radius 3 is 1.67 bits per heavy atom. The normalized spacial score (nSPS) is 9.22. The van der Waals surface area contributed by atoms with Crippen LogP contribution >= 0.6 is 0 Å². The summed E-state index contributed by atoms with van der Waals surface area (Å²) < 4.78 is 12.3. The Bertz CT molecular complexity index is 786. The average molecular weight is 384 g/mol. The van der Waals surface area contributed by atoms with Crippen molar-refractivity contribution in [1.29, 1.82) is 0 Å². The number of nitro groups is 2. The second-order valence-corrected chi connectivity index (χ2v) is 5.22. The molecule has 0 heterocycles. The van der Waals surface area contributed by atoms with Gasteiger partial charge in [0.1, 0.15) is 5.75 Å². The molecule has 0 saturated carbocycles. The molecule has 0 unspecified atom stereocenters. The molecule has 0 aliphatic heterocycles. The third kappa shape index (κ3) is 7.96. The Balaban J connectivity index is 0.000000442. The second kappa shape index (κ2) is 11.2. The highest BCUT2D eigenvalue weighted by molar-refractivity contribution is 5.60. The molecule has 0 aromatic heterocycles. The Morgan fingerprint density at radius 1 is 0.926 bits per heavy atom. The van der Waals surface area contributed by atoms with Crippen LogP contribution < -0.4 is 10.2 Å². The fraction of sp³-hybridized carbons (Fsp3) is 0.250. The van der Waals surface area contributed by atoms with E-state index in [0.717, 1.165) is 24.3 Å². The molecule has 0 amide bonds. The third-order valence-corrected chi connectivity index (χ3v) is 2.79. The first kappa shape index (κ1) is 23.5. The van der Waals surface area contributed by atoms with Crippen molar-refractivity contribution in [3.05, 3.63) is 62.4 Å². The number of aromatic hydroxyl groups is 2. The maximum absolute atomic E-state index is 12.3. The van der Waals surface area contributed by atoms with Crippen LogP contribution in [0.15, 0.2) is 36.4 Å². The van der Waals surface area contributed by atoms with Gasteiger partial charge in [-0.3, -0.25) is 20.2 Å². The van der Waals surface area contributed by atoms with Crippen LogP contribution in [0.2, 0.25) is 0 Å². The zero-order chi connectivity index (χ0) is 21.1. The molecule has 0 aliphatic rings. The largest absolute Gasteiger partial charge is 0.506 e. The molecule has 3 N–H and O–H groups in total. The number of non-ortho nitro benzene ring substituents is 2. The van der Waals surface area contributed by atoms with Gasteiger partial charge in [0.25, 0.3) is 11.4 Å². The number of anilines is 1. The van der Waals surface area contributed by atoms with E-state index in [4.69, 9.17) is 5.11 Å². The van der Waals surface area contributed by atoms with Crippen LogP contribution in [0.5, 0.6) is 11.5 Å². The number of nitrogens with one attached hydrogen (secondary N) is 1. The molecule has 11 heteroatoms. The van der Waals surface area contributed by atoms with Crippen molar-refractivity contribution in [2.24, 2.45) is 0 Å². The lowest BCUT2D eigenvalue weighted by atomic mass is 10.2. The van der Waals surface area contributed by atoms with Crippen LogP contribution in [-0.4, -0.2) is 48.3 Å². The van der Waals surface area contributed by atoms with Gasteiger partial charge in [0.2, 0.25) is 0 Å². The number of phenolic OH excluding ortho intramolecular Hbond substituents is 2. The number of nitro benzene ring substituents is 2. The van der Waals surface area contributed by atoms with Crippen molar-refractivity contribution in [2.75, 3.05) is 33.1 Å². The molecule has 0 radical (unpaired) electrons. The van der Waals surface area contributed by atoms with Gasteiger partial charge in [0.15, 0.2) is 11.6 Å². The van der Waals surface area contributed by atoms with E-state index < -0.39 is 21.4 Å². The highest BCUT2D eigenvalue weighted by Crippen LogP contribution is 2.29. The molecule has 2 rings (SSSR count). The van der Waals surface area contributed by atoms with Gasteiger partial charge in [-0.2, -0.15) is 0 Å². The third-order valence-electron chi connectivity index (χ3n) is 2.79. The maximum atomic E-state index is 12.3. The fourth-order valence-corrected chi connectivity index (χ4v) is 1.62. The van der Waals surface area contributed by atoms with Crippen LogP contribution in [0, 0.1) is 26.0 Å². The summed E-state index contributed by atoms with van der Waals surface area (Å²) in [4.78, 5) is 20.8. The summed E-state index contributed by atoms with van der Waals surface area (Å²) in [5, 5.41) is 41.1. The SMILES string of the molecule is CN(C)c1ccc([N+](=O)[O-])cc1O.CNC.O=[N+]([O-])c1ccc(F)c(O)c1. The summed E-state index contributed by atoms with van der Waals surface area (Å²) in [6.45, 7) is 0. The van der Waals surface area contributed by atoms with E-state index in [-0.39, 0.29) is 17.1 Å². The molecule has 0 atom stereocenters. The Morgan fingerprint density at radius 2 is 1.33 bits per heavy atom. The fourth-order valence-electron chi connectivity index (χ4n) is 1.62. The van der Waals surface area contributed by atoms with Gasteiger partial charge in [-0.05, 0) is 26.2 Å². The molecule has 2 aromatic rings. The molecule has 27 heavy (non-hydrogen) atoms. The van der Waals surface area contributed by atoms with E-state index in [2.05, 4.69) is 5.32 Å². The number of hydrogen-bond donors (Lipinski definition) is 3. The Hall–Kier alpha value is -3.47. The van der Waals surface area contributed by atoms with Gasteiger partial charge < -0.3 is 20.4 Å². The number of nitrogens with zero attached hydrogens (tertiary/aromatic N) is 3. The van der Waals surface area contributed by atoms with Crippen molar-refractivity contribution >= 4 is 17.1 Å². The van der Waals surface area contributed by atoms with Crippen LogP contribution in [0.3, 0.4) is 0 Å². The van der Waals surface area contributed by atoms with Gasteiger partial charge in [0, 0.05) is 26.2 Å². The van der Waals surface area contributed by atoms with Crippen molar-refractivity contribution < 1.29 is 24.5 Å². The maximum Gasteiger partial charge on any atom is 0.273 e. The van der Waals surface area contributed by atoms with Gasteiger partial charge >= 0.3 is 0 Å². The molecular weight excluding hydrogens is 363 g/mol. The van der Waals surface area contributed by atoms with Crippen LogP contribution in [0.4, 0.5) is 21.5 Å². The summed E-state index contributed by atoms with van der Waals surface area (Å²) >= 11 is 0. The zero-order valence-corrected chi connectivity index (χ0v) is 15.2. The lowest BCUT2D eigenvalue weighted by Crippen LogP contribution is -2.08. The van der Waals surface area contributed by atoms with Gasteiger partial charge in [0.05, 0.1) is 27.7 Å². The van der Waals surface area contributed by atoms with E-state index in [9.17, 15) is 29.7 Å². The molecule has 0 bridgehead atoms. The van der Waals surface area contributed by atoms with Crippen molar-refractivity contribution in [2.45, 2.75) is 0 Å². The van der Waals surface area contributed by atoms with Crippen molar-refractivity contribution in [3.8, 4) is 11.5 Å². The average Bonchev–Trinajstić information content (AvgIpc) is 2.58. The predicted molar refractivity (Wildman–Crippen MR) is 98.8 cm³/mol. The molecule has 0 saturated heterocycles. The minimum Gasteiger partial charge on any atom is -0.506 e. The second-order valence-electron chi connectivity index (χ2n) is 5.22. The standard InChI is InChI=1S/C8H10N2O3.C6H4FNO3.C2H7N/c1-9(2)7-4-3-6(10(12)13)5-8(7)11;7-5-2-1-4(8(10)11)3-6(5)9;1-3-2/h3-5,11H,1-2H3;1-3,9H;3H,1-2H3. The van der Waals surface area contributed by atoms with Crippen LogP contribution in [0.1, 0.15) is 0 Å². The van der Waals surface area contributed by atoms with Gasteiger partial charge in [-0.1, -0.05) is 0 Å². The number of phenols is 2. The number of benzene rings is 2. The minimum atomic E-state index is -0.865. The first-order chi connectivity index (χ1) is 12.5.